The van der Waals surface area contributed by atoms with Gasteiger partial charge < -0.3 is 19.4 Å². The summed E-state index contributed by atoms with van der Waals surface area (Å²) in [5, 5.41) is 11.3. The Kier molecular flexibility index (Phi) is 8.26. The second kappa shape index (κ2) is 11.9. The van der Waals surface area contributed by atoms with E-state index in [1.54, 1.807) is 20.8 Å². The van der Waals surface area contributed by atoms with Crippen molar-refractivity contribution in [2.75, 3.05) is 6.61 Å². The van der Waals surface area contributed by atoms with Gasteiger partial charge in [-0.05, 0) is 67.6 Å². The summed E-state index contributed by atoms with van der Waals surface area (Å²) in [4.78, 5) is 26.4. The van der Waals surface area contributed by atoms with E-state index in [4.69, 9.17) is 9.47 Å². The van der Waals surface area contributed by atoms with Crippen LogP contribution in [-0.2, 0) is 27.2 Å². The van der Waals surface area contributed by atoms with E-state index in [1.807, 2.05) is 60.0 Å². The van der Waals surface area contributed by atoms with Crippen molar-refractivity contribution in [2.24, 2.45) is 0 Å². The molecule has 0 fully saturated rings. The summed E-state index contributed by atoms with van der Waals surface area (Å²) in [5.74, 6) is 0.596. The molecular weight excluding hydrogens is 584 g/mol. The first-order valence-electron chi connectivity index (χ1n) is 13.6. The molecule has 1 amide bonds. The maximum absolute atomic E-state index is 13.2. The van der Waals surface area contributed by atoms with Crippen molar-refractivity contribution in [2.45, 2.75) is 58.2 Å². The molecule has 4 aromatic rings. The molecule has 8 nitrogen and oxygen atoms in total. The number of benzene rings is 3. The third-order valence-corrected chi connectivity index (χ3v) is 7.51. The van der Waals surface area contributed by atoms with E-state index < -0.39 is 23.7 Å². The zero-order valence-electron chi connectivity index (χ0n) is 23.6. The number of aryl methyl sites for hydroxylation is 1. The summed E-state index contributed by atoms with van der Waals surface area (Å²) in [6, 6.07) is 23.2. The molecule has 3 aromatic carbocycles. The van der Waals surface area contributed by atoms with Crippen LogP contribution >= 0.6 is 15.9 Å². The van der Waals surface area contributed by atoms with E-state index in [-0.39, 0.29) is 18.9 Å². The van der Waals surface area contributed by atoms with Gasteiger partial charge in [-0.3, -0.25) is 0 Å². The molecule has 0 spiro atoms. The van der Waals surface area contributed by atoms with Gasteiger partial charge >= 0.3 is 12.1 Å². The first-order valence-corrected chi connectivity index (χ1v) is 14.4. The number of carbonyl (C=O) groups excluding carboxylic acids is 2. The van der Waals surface area contributed by atoms with Crippen molar-refractivity contribution in [3.05, 3.63) is 106 Å². The molecule has 0 unspecified atom stereocenters. The van der Waals surface area contributed by atoms with E-state index in [0.717, 1.165) is 32.3 Å². The number of rotatable bonds is 8. The molecule has 9 heteroatoms. The van der Waals surface area contributed by atoms with Crippen LogP contribution in [0.2, 0.25) is 0 Å². The highest BCUT2D eigenvalue weighted by Gasteiger charge is 2.32. The second-order valence-electron chi connectivity index (χ2n) is 11.1. The van der Waals surface area contributed by atoms with Gasteiger partial charge in [-0.2, -0.15) is 0 Å². The van der Waals surface area contributed by atoms with Crippen molar-refractivity contribution in [1.29, 1.82) is 0 Å². The molecule has 212 valence electrons. The molecule has 41 heavy (non-hydrogen) atoms. The highest BCUT2D eigenvalue weighted by Crippen LogP contribution is 2.44. The molecule has 1 aliphatic carbocycles. The number of nitrogens with one attached hydrogen (secondary N) is 1. The average molecular weight is 618 g/mol. The van der Waals surface area contributed by atoms with Crippen LogP contribution in [-0.4, -0.2) is 45.1 Å². The van der Waals surface area contributed by atoms with Gasteiger partial charge in [0.1, 0.15) is 29.9 Å². The fourth-order valence-corrected chi connectivity index (χ4v) is 5.35. The lowest BCUT2D eigenvalue weighted by molar-refractivity contribution is -0.157. The largest absolute Gasteiger partial charge is 0.458 e. The minimum atomic E-state index is -1.02. The van der Waals surface area contributed by atoms with Crippen LogP contribution in [0.5, 0.6) is 0 Å². The Balaban J connectivity index is 1.32. The number of fused-ring (bicyclic) bond motifs is 3. The van der Waals surface area contributed by atoms with E-state index in [9.17, 15) is 9.59 Å². The summed E-state index contributed by atoms with van der Waals surface area (Å²) < 4.78 is 14.3. The topological polar surface area (TPSA) is 95.3 Å². The third-order valence-electron chi connectivity index (χ3n) is 6.98. The maximum Gasteiger partial charge on any atom is 0.407 e. The Bertz CT molecular complexity index is 1510. The Hall–Kier alpha value is -3.98. The van der Waals surface area contributed by atoms with Gasteiger partial charge in [0.05, 0.1) is 6.54 Å². The molecule has 0 saturated carbocycles. The van der Waals surface area contributed by atoms with Crippen LogP contribution in [0.1, 0.15) is 55.0 Å². The molecule has 1 aromatic heterocycles. The van der Waals surface area contributed by atoms with Gasteiger partial charge in [0.2, 0.25) is 0 Å². The summed E-state index contributed by atoms with van der Waals surface area (Å²) >= 11 is 3.46. The van der Waals surface area contributed by atoms with Crippen LogP contribution in [0, 0.1) is 6.92 Å². The normalized spacial score (nSPS) is 13.3. The monoisotopic (exact) mass is 616 g/mol. The lowest BCUT2D eigenvalue weighted by atomic mass is 9.98. The summed E-state index contributed by atoms with van der Waals surface area (Å²) in [5.41, 5.74) is 4.83. The molecule has 0 radical (unpaired) electrons. The highest BCUT2D eigenvalue weighted by molar-refractivity contribution is 9.10. The Labute approximate surface area is 248 Å². The fraction of sp³-hybridized carbons (Fsp3) is 0.312. The van der Waals surface area contributed by atoms with Gasteiger partial charge in [0.15, 0.2) is 0 Å². The summed E-state index contributed by atoms with van der Waals surface area (Å²) in [7, 11) is 0. The Morgan fingerprint density at radius 1 is 0.951 bits per heavy atom. The smallest absolute Gasteiger partial charge is 0.407 e. The van der Waals surface area contributed by atoms with Crippen molar-refractivity contribution in [1.82, 2.24) is 20.1 Å². The van der Waals surface area contributed by atoms with Gasteiger partial charge in [-0.1, -0.05) is 76.6 Å². The quantitative estimate of drug-likeness (QED) is 0.237. The second-order valence-corrected chi connectivity index (χ2v) is 12.1. The fourth-order valence-electron chi connectivity index (χ4n) is 5.09. The zero-order chi connectivity index (χ0) is 29.1. The van der Waals surface area contributed by atoms with Crippen LogP contribution in [0.4, 0.5) is 4.79 Å². The number of esters is 1. The number of amides is 1. The van der Waals surface area contributed by atoms with Crippen molar-refractivity contribution in [3.8, 4) is 11.1 Å². The van der Waals surface area contributed by atoms with Gasteiger partial charge in [0, 0.05) is 16.8 Å². The molecular formula is C32H33BrN4O4. The highest BCUT2D eigenvalue weighted by atomic mass is 79.9. The standard InChI is InChI=1S/C32H33BrN4O4/c1-20-35-36-29(37(20)18-21-13-15-22(33)16-14-21)17-28(30(38)41-32(2,3)4)34-31(39)40-19-27-25-11-7-5-9-23(25)24-10-6-8-12-26(24)27/h5-16,27-28H,17-19H2,1-4H3,(H,34,39)/t28-/m0/s1. The number of nitrogens with zero attached hydrogens (tertiary/aromatic N) is 3. The van der Waals surface area contributed by atoms with Gasteiger partial charge in [-0.15, -0.1) is 10.2 Å². The Morgan fingerprint density at radius 3 is 2.17 bits per heavy atom. The van der Waals surface area contributed by atoms with E-state index in [0.29, 0.717) is 18.2 Å². The molecule has 1 N–H and O–H groups in total. The summed E-state index contributed by atoms with van der Waals surface area (Å²) in [6.45, 7) is 7.88. The minimum Gasteiger partial charge on any atom is -0.458 e. The van der Waals surface area contributed by atoms with Crippen molar-refractivity contribution in [3.63, 3.8) is 0 Å². The van der Waals surface area contributed by atoms with Crippen LogP contribution in [0.3, 0.4) is 0 Å². The predicted molar refractivity (Wildman–Crippen MR) is 160 cm³/mol. The molecule has 1 heterocycles. The number of halogens is 1. The average Bonchev–Trinajstić information content (AvgIpc) is 3.44. The lowest BCUT2D eigenvalue weighted by Crippen LogP contribution is -2.46. The number of aromatic nitrogens is 3. The molecule has 1 atom stereocenters. The van der Waals surface area contributed by atoms with Gasteiger partial charge in [-0.25, -0.2) is 9.59 Å². The van der Waals surface area contributed by atoms with Crippen LogP contribution in [0.15, 0.2) is 77.3 Å². The van der Waals surface area contributed by atoms with Crippen LogP contribution in [0.25, 0.3) is 11.1 Å². The minimum absolute atomic E-state index is 0.0928. The van der Waals surface area contributed by atoms with Crippen molar-refractivity contribution >= 4 is 28.0 Å². The first kappa shape index (κ1) is 28.5. The number of carbonyl (C=O) groups is 2. The molecule has 1 aliphatic rings. The molecule has 0 bridgehead atoms. The molecule has 0 saturated heterocycles. The van der Waals surface area contributed by atoms with E-state index >= 15 is 0 Å². The number of hydrogen-bond acceptors (Lipinski definition) is 6. The lowest BCUT2D eigenvalue weighted by Gasteiger charge is -2.24. The molecule has 5 rings (SSSR count). The van der Waals surface area contributed by atoms with E-state index in [2.05, 4.69) is 55.7 Å². The third kappa shape index (κ3) is 6.68. The predicted octanol–water partition coefficient (Wildman–Crippen LogP) is 6.19. The zero-order valence-corrected chi connectivity index (χ0v) is 25.1. The summed E-state index contributed by atoms with van der Waals surface area (Å²) in [6.07, 6.45) is -0.602. The number of alkyl carbamates (subject to hydrolysis) is 1. The van der Waals surface area contributed by atoms with E-state index in [1.165, 1.54) is 0 Å². The maximum atomic E-state index is 13.2. The SMILES string of the molecule is Cc1nnc(C[C@H](NC(=O)OCC2c3ccccc3-c3ccccc32)C(=O)OC(C)(C)C)n1Cc1ccc(Br)cc1. The van der Waals surface area contributed by atoms with Gasteiger partial charge in [0.25, 0.3) is 0 Å². The number of ether oxygens (including phenoxy) is 2. The van der Waals surface area contributed by atoms with Crippen molar-refractivity contribution < 1.29 is 19.1 Å². The van der Waals surface area contributed by atoms with Crippen LogP contribution < -0.4 is 5.32 Å². The first-order chi connectivity index (χ1) is 19.6. The Morgan fingerprint density at radius 2 is 1.56 bits per heavy atom. The molecule has 0 aliphatic heterocycles. The number of hydrogen-bond donors (Lipinski definition) is 1.